The molecule has 0 bridgehead atoms. The first kappa shape index (κ1) is 33.1. The van der Waals surface area contributed by atoms with Gasteiger partial charge in [0.1, 0.15) is 12.6 Å². The topological polar surface area (TPSA) is 108 Å². The highest BCUT2D eigenvalue weighted by atomic mass is 32.2. The maximum Gasteiger partial charge on any atom is 0.326 e. The number of hydrogen-bond donors (Lipinski definition) is 3. The van der Waals surface area contributed by atoms with Gasteiger partial charge < -0.3 is 20.5 Å². The first-order valence-electron chi connectivity index (χ1n) is 14.4. The second kappa shape index (κ2) is 17.5. The molecule has 0 aliphatic heterocycles. The minimum Gasteiger partial charge on any atom is -0.480 e. The summed E-state index contributed by atoms with van der Waals surface area (Å²) in [5.41, 5.74) is 2.05. The van der Waals surface area contributed by atoms with Crippen LogP contribution in [0.15, 0.2) is 72.8 Å². The van der Waals surface area contributed by atoms with Gasteiger partial charge in [0.2, 0.25) is 11.8 Å². The molecule has 3 aromatic carbocycles. The molecular formula is C33H43N3O5S. The zero-order valence-electron chi connectivity index (χ0n) is 24.8. The number of rotatable bonds is 18. The van der Waals surface area contributed by atoms with Gasteiger partial charge in [0.05, 0.1) is 13.2 Å². The number of carbonyl (C=O) groups is 3. The maximum atomic E-state index is 13.2. The molecule has 3 N–H and O–H groups in total. The first-order chi connectivity index (χ1) is 20.3. The normalized spacial score (nSPS) is 13.4. The van der Waals surface area contributed by atoms with Crippen molar-refractivity contribution in [3.8, 4) is 0 Å². The van der Waals surface area contributed by atoms with E-state index in [2.05, 4.69) is 42.7 Å². The van der Waals surface area contributed by atoms with Crippen LogP contribution < -0.4 is 10.6 Å². The summed E-state index contributed by atoms with van der Waals surface area (Å²) in [6.45, 7) is 5.30. The quantitative estimate of drug-likeness (QED) is 0.196. The standard InChI is InChI=1S/C33H43N3O5S/c1-4-24(2)30(35-32(38)23-41-22-25-11-6-5-7-12-25)20-36(21-31(37)34-29(33(39)40)17-18-42-3)19-27-15-10-14-26-13-8-9-16-28(26)27/h5-16,24,29-30H,4,17-23H2,1-3H3,(H,34,37)(H,35,38)(H,39,40). The van der Waals surface area contributed by atoms with E-state index in [1.165, 1.54) is 11.8 Å². The molecule has 0 aromatic heterocycles. The minimum absolute atomic E-state index is 0.000416. The van der Waals surface area contributed by atoms with E-state index in [9.17, 15) is 19.5 Å². The second-order valence-electron chi connectivity index (χ2n) is 10.6. The lowest BCUT2D eigenvalue weighted by molar-refractivity contribution is -0.142. The number of carboxylic acid groups (broad SMARTS) is 1. The molecule has 0 aliphatic rings. The summed E-state index contributed by atoms with van der Waals surface area (Å²) in [6, 6.07) is 22.7. The fourth-order valence-corrected chi connectivity index (χ4v) is 5.28. The average molecular weight is 594 g/mol. The summed E-state index contributed by atoms with van der Waals surface area (Å²) in [7, 11) is 0. The van der Waals surface area contributed by atoms with E-state index >= 15 is 0 Å². The lowest BCUT2D eigenvalue weighted by Crippen LogP contribution is -2.51. The van der Waals surface area contributed by atoms with Gasteiger partial charge in [-0.15, -0.1) is 0 Å². The Hall–Kier alpha value is -3.40. The molecule has 2 amide bonds. The minimum atomic E-state index is -1.04. The van der Waals surface area contributed by atoms with Crippen molar-refractivity contribution in [2.24, 2.45) is 5.92 Å². The van der Waals surface area contributed by atoms with Crippen molar-refractivity contribution in [2.45, 2.75) is 51.9 Å². The van der Waals surface area contributed by atoms with Crippen LogP contribution in [-0.4, -0.2) is 71.6 Å². The van der Waals surface area contributed by atoms with Crippen molar-refractivity contribution in [2.75, 3.05) is 31.7 Å². The van der Waals surface area contributed by atoms with Crippen molar-refractivity contribution in [1.82, 2.24) is 15.5 Å². The number of nitrogens with zero attached hydrogens (tertiary/aromatic N) is 1. The fourth-order valence-electron chi connectivity index (χ4n) is 4.81. The summed E-state index contributed by atoms with van der Waals surface area (Å²) in [6.07, 6.45) is 3.09. The Bertz CT molecular complexity index is 1280. The average Bonchev–Trinajstić information content (AvgIpc) is 2.99. The highest BCUT2D eigenvalue weighted by Gasteiger charge is 2.25. The van der Waals surface area contributed by atoms with Crippen molar-refractivity contribution >= 4 is 40.3 Å². The van der Waals surface area contributed by atoms with Gasteiger partial charge >= 0.3 is 5.97 Å². The monoisotopic (exact) mass is 593 g/mol. The Morgan fingerprint density at radius 2 is 1.67 bits per heavy atom. The number of hydrogen-bond acceptors (Lipinski definition) is 6. The van der Waals surface area contributed by atoms with E-state index < -0.39 is 12.0 Å². The zero-order valence-corrected chi connectivity index (χ0v) is 25.6. The summed E-state index contributed by atoms with van der Waals surface area (Å²) >= 11 is 1.54. The highest BCUT2D eigenvalue weighted by molar-refractivity contribution is 7.98. The number of carboxylic acids is 1. The number of ether oxygens (including phenoxy) is 1. The van der Waals surface area contributed by atoms with Gasteiger partial charge in [-0.25, -0.2) is 4.79 Å². The Kier molecular flexibility index (Phi) is 13.8. The molecule has 0 aliphatic carbocycles. The molecule has 9 heteroatoms. The van der Waals surface area contributed by atoms with Crippen LogP contribution in [0.1, 0.15) is 37.8 Å². The van der Waals surface area contributed by atoms with E-state index in [4.69, 9.17) is 4.74 Å². The second-order valence-corrected chi connectivity index (χ2v) is 11.6. The largest absolute Gasteiger partial charge is 0.480 e. The number of nitrogens with one attached hydrogen (secondary N) is 2. The van der Waals surface area contributed by atoms with Crippen molar-refractivity contribution in [3.05, 3.63) is 83.9 Å². The van der Waals surface area contributed by atoms with Crippen LogP contribution in [0.4, 0.5) is 0 Å². The van der Waals surface area contributed by atoms with Crippen LogP contribution in [0.5, 0.6) is 0 Å². The summed E-state index contributed by atoms with van der Waals surface area (Å²) in [4.78, 5) is 39.9. The van der Waals surface area contributed by atoms with Crippen LogP contribution in [-0.2, 0) is 32.3 Å². The van der Waals surface area contributed by atoms with Crippen LogP contribution in [0.2, 0.25) is 0 Å². The third kappa shape index (κ3) is 10.8. The summed E-state index contributed by atoms with van der Waals surface area (Å²) in [5, 5.41) is 17.7. The summed E-state index contributed by atoms with van der Waals surface area (Å²) in [5.74, 6) is -0.850. The predicted octanol–water partition coefficient (Wildman–Crippen LogP) is 4.71. The Morgan fingerprint density at radius 3 is 2.38 bits per heavy atom. The number of carbonyl (C=O) groups excluding carboxylic acids is 2. The molecule has 0 heterocycles. The zero-order chi connectivity index (χ0) is 30.3. The SMILES string of the molecule is CCC(C)C(CN(CC(=O)NC(CCSC)C(=O)O)Cc1cccc2ccccc12)NC(=O)COCc1ccccc1. The Morgan fingerprint density at radius 1 is 0.952 bits per heavy atom. The van der Waals surface area contributed by atoms with E-state index in [-0.39, 0.29) is 36.9 Å². The molecule has 0 fully saturated rings. The first-order valence-corrected chi connectivity index (χ1v) is 15.8. The molecule has 3 aromatic rings. The summed E-state index contributed by atoms with van der Waals surface area (Å²) < 4.78 is 5.66. The number of benzene rings is 3. The molecule has 0 saturated carbocycles. The van der Waals surface area contributed by atoms with E-state index in [0.29, 0.717) is 31.9 Å². The predicted molar refractivity (Wildman–Crippen MR) is 169 cm³/mol. The molecule has 0 radical (unpaired) electrons. The lowest BCUT2D eigenvalue weighted by atomic mass is 9.97. The molecule has 42 heavy (non-hydrogen) atoms. The van der Waals surface area contributed by atoms with E-state index in [1.54, 1.807) is 0 Å². The molecule has 226 valence electrons. The third-order valence-electron chi connectivity index (χ3n) is 7.36. The van der Waals surface area contributed by atoms with E-state index in [0.717, 1.165) is 28.3 Å². The smallest absolute Gasteiger partial charge is 0.326 e. The molecular weight excluding hydrogens is 550 g/mol. The van der Waals surface area contributed by atoms with E-state index in [1.807, 2.05) is 65.8 Å². The number of fused-ring (bicyclic) bond motifs is 1. The van der Waals surface area contributed by atoms with Gasteiger partial charge in [-0.05, 0) is 46.2 Å². The Labute approximate surface area is 253 Å². The van der Waals surface area contributed by atoms with Crippen molar-refractivity contribution < 1.29 is 24.2 Å². The fraction of sp³-hybridized carbons (Fsp3) is 0.424. The molecule has 3 atom stereocenters. The molecule has 3 unspecified atom stereocenters. The highest BCUT2D eigenvalue weighted by Crippen LogP contribution is 2.21. The van der Waals surface area contributed by atoms with Gasteiger partial charge in [-0.3, -0.25) is 14.5 Å². The van der Waals surface area contributed by atoms with Gasteiger partial charge in [0.25, 0.3) is 0 Å². The van der Waals surface area contributed by atoms with Crippen LogP contribution >= 0.6 is 11.8 Å². The Balaban J connectivity index is 1.75. The van der Waals surface area contributed by atoms with Gasteiger partial charge in [-0.2, -0.15) is 11.8 Å². The number of thioether (sulfide) groups is 1. The van der Waals surface area contributed by atoms with Crippen LogP contribution in [0, 0.1) is 5.92 Å². The van der Waals surface area contributed by atoms with Crippen molar-refractivity contribution in [3.63, 3.8) is 0 Å². The van der Waals surface area contributed by atoms with Gasteiger partial charge in [-0.1, -0.05) is 93.1 Å². The van der Waals surface area contributed by atoms with Crippen molar-refractivity contribution in [1.29, 1.82) is 0 Å². The lowest BCUT2D eigenvalue weighted by Gasteiger charge is -2.31. The molecule has 3 rings (SSSR count). The maximum absolute atomic E-state index is 13.2. The molecule has 0 saturated heterocycles. The molecule has 0 spiro atoms. The van der Waals surface area contributed by atoms with Gasteiger partial charge in [0.15, 0.2) is 0 Å². The van der Waals surface area contributed by atoms with Crippen LogP contribution in [0.3, 0.4) is 0 Å². The molecule has 8 nitrogen and oxygen atoms in total. The third-order valence-corrected chi connectivity index (χ3v) is 8.01. The van der Waals surface area contributed by atoms with Gasteiger partial charge in [0, 0.05) is 19.1 Å². The number of amides is 2. The number of aliphatic carboxylic acids is 1. The van der Waals surface area contributed by atoms with Crippen LogP contribution in [0.25, 0.3) is 10.8 Å².